The summed E-state index contributed by atoms with van der Waals surface area (Å²) < 4.78 is 5.32. The molecule has 0 saturated heterocycles. The molecule has 1 aromatic heterocycles. The SMILES string of the molecule is COc1cc(N)c2nc(C3C4CC5CC(C4)CC3C5)ccc2c1. The second-order valence-electron chi connectivity index (χ2n) is 7.98. The summed E-state index contributed by atoms with van der Waals surface area (Å²) in [5.41, 5.74) is 9.18. The fourth-order valence-electron chi connectivity index (χ4n) is 5.96. The molecular formula is C20H24N2O. The molecule has 120 valence electrons. The van der Waals surface area contributed by atoms with Gasteiger partial charge in [-0.3, -0.25) is 4.98 Å². The lowest BCUT2D eigenvalue weighted by molar-refractivity contribution is -0.00404. The Bertz CT molecular complexity index is 742. The Morgan fingerprint density at radius 2 is 1.70 bits per heavy atom. The van der Waals surface area contributed by atoms with E-state index < -0.39 is 0 Å². The number of hydrogen-bond acceptors (Lipinski definition) is 3. The lowest BCUT2D eigenvalue weighted by atomic mass is 9.51. The van der Waals surface area contributed by atoms with Gasteiger partial charge in [-0.2, -0.15) is 0 Å². The van der Waals surface area contributed by atoms with E-state index in [1.165, 1.54) is 37.8 Å². The monoisotopic (exact) mass is 308 g/mol. The molecule has 0 spiro atoms. The first kappa shape index (κ1) is 13.6. The van der Waals surface area contributed by atoms with Gasteiger partial charge in [0.15, 0.2) is 0 Å². The molecule has 0 radical (unpaired) electrons. The van der Waals surface area contributed by atoms with E-state index in [4.69, 9.17) is 15.5 Å². The number of fused-ring (bicyclic) bond motifs is 1. The first-order chi connectivity index (χ1) is 11.2. The van der Waals surface area contributed by atoms with Crippen LogP contribution in [0.3, 0.4) is 0 Å². The summed E-state index contributed by atoms with van der Waals surface area (Å²) in [4.78, 5) is 5.02. The molecule has 2 aromatic rings. The summed E-state index contributed by atoms with van der Waals surface area (Å²) in [7, 11) is 1.68. The van der Waals surface area contributed by atoms with E-state index in [9.17, 15) is 0 Å². The fourth-order valence-corrected chi connectivity index (χ4v) is 5.96. The lowest BCUT2D eigenvalue weighted by Crippen LogP contribution is -2.44. The van der Waals surface area contributed by atoms with E-state index in [1.807, 2.05) is 12.1 Å². The van der Waals surface area contributed by atoms with Crippen LogP contribution in [0.15, 0.2) is 24.3 Å². The van der Waals surface area contributed by atoms with Crippen LogP contribution in [0.2, 0.25) is 0 Å². The molecule has 0 amide bonds. The van der Waals surface area contributed by atoms with E-state index in [2.05, 4.69) is 12.1 Å². The second-order valence-corrected chi connectivity index (χ2v) is 7.98. The van der Waals surface area contributed by atoms with Crippen LogP contribution < -0.4 is 10.5 Å². The molecule has 4 fully saturated rings. The second kappa shape index (κ2) is 4.86. The van der Waals surface area contributed by atoms with E-state index in [1.54, 1.807) is 7.11 Å². The average molecular weight is 308 g/mol. The minimum Gasteiger partial charge on any atom is -0.497 e. The van der Waals surface area contributed by atoms with Gasteiger partial charge in [0.1, 0.15) is 5.75 Å². The zero-order valence-electron chi connectivity index (χ0n) is 13.7. The first-order valence-corrected chi connectivity index (χ1v) is 8.95. The van der Waals surface area contributed by atoms with Crippen LogP contribution in [-0.4, -0.2) is 12.1 Å². The molecule has 3 heteroatoms. The molecule has 0 unspecified atom stereocenters. The third-order valence-corrected chi connectivity index (χ3v) is 6.62. The van der Waals surface area contributed by atoms with Gasteiger partial charge in [-0.15, -0.1) is 0 Å². The normalized spacial score (nSPS) is 34.9. The van der Waals surface area contributed by atoms with Crippen molar-refractivity contribution in [3.8, 4) is 5.75 Å². The van der Waals surface area contributed by atoms with E-state index in [-0.39, 0.29) is 0 Å². The predicted molar refractivity (Wildman–Crippen MR) is 92.5 cm³/mol. The number of methoxy groups -OCH3 is 1. The molecule has 1 aromatic carbocycles. The summed E-state index contributed by atoms with van der Waals surface area (Å²) in [6, 6.07) is 8.34. The van der Waals surface area contributed by atoms with Crippen molar-refractivity contribution < 1.29 is 4.74 Å². The highest BCUT2D eigenvalue weighted by atomic mass is 16.5. The molecule has 0 atom stereocenters. The molecule has 6 rings (SSSR count). The number of nitrogen functional groups attached to an aromatic ring is 1. The molecule has 3 nitrogen and oxygen atoms in total. The summed E-state index contributed by atoms with van der Waals surface area (Å²) in [6.45, 7) is 0. The number of nitrogens with zero attached hydrogens (tertiary/aromatic N) is 1. The van der Waals surface area contributed by atoms with Crippen LogP contribution in [0.1, 0.15) is 43.7 Å². The predicted octanol–water partition coefficient (Wildman–Crippen LogP) is 4.37. The third kappa shape index (κ3) is 2.05. The topological polar surface area (TPSA) is 48.1 Å². The van der Waals surface area contributed by atoms with Crippen LogP contribution in [0.4, 0.5) is 5.69 Å². The first-order valence-electron chi connectivity index (χ1n) is 8.95. The van der Waals surface area contributed by atoms with E-state index in [0.29, 0.717) is 5.92 Å². The molecule has 2 N–H and O–H groups in total. The third-order valence-electron chi connectivity index (χ3n) is 6.62. The van der Waals surface area contributed by atoms with Gasteiger partial charge in [0.2, 0.25) is 0 Å². The fraction of sp³-hybridized carbons (Fsp3) is 0.550. The van der Waals surface area contributed by atoms with Gasteiger partial charge < -0.3 is 10.5 Å². The Kier molecular flexibility index (Phi) is 2.88. The summed E-state index contributed by atoms with van der Waals surface area (Å²) in [6.07, 6.45) is 7.20. The van der Waals surface area contributed by atoms with Crippen molar-refractivity contribution in [1.29, 1.82) is 0 Å². The van der Waals surface area contributed by atoms with Gasteiger partial charge in [-0.25, -0.2) is 0 Å². The van der Waals surface area contributed by atoms with Crippen molar-refractivity contribution in [2.24, 2.45) is 23.7 Å². The van der Waals surface area contributed by atoms with Crippen molar-refractivity contribution in [1.82, 2.24) is 4.98 Å². The van der Waals surface area contributed by atoms with Crippen LogP contribution in [-0.2, 0) is 0 Å². The lowest BCUT2D eigenvalue weighted by Gasteiger charge is -2.54. The smallest absolute Gasteiger partial charge is 0.121 e. The number of nitrogens with two attached hydrogens (primary N) is 1. The minimum atomic E-state index is 0.661. The van der Waals surface area contributed by atoms with Gasteiger partial charge in [0.05, 0.1) is 18.3 Å². The Morgan fingerprint density at radius 3 is 2.35 bits per heavy atom. The van der Waals surface area contributed by atoms with Crippen molar-refractivity contribution >= 4 is 16.6 Å². The standard InChI is InChI=1S/C20H24N2O/c1-23-16-9-13-2-3-18(22-20(13)17(21)10-16)19-14-5-11-4-12(7-14)8-15(19)6-11/h2-3,9-12,14-15,19H,4-8,21H2,1H3. The van der Waals surface area contributed by atoms with Gasteiger partial charge in [-0.05, 0) is 67.9 Å². The molecule has 23 heavy (non-hydrogen) atoms. The summed E-state index contributed by atoms with van der Waals surface area (Å²) in [5.74, 6) is 5.19. The highest BCUT2D eigenvalue weighted by Crippen LogP contribution is 2.59. The molecule has 4 aliphatic carbocycles. The van der Waals surface area contributed by atoms with Crippen molar-refractivity contribution in [2.45, 2.75) is 38.0 Å². The highest BCUT2D eigenvalue weighted by Gasteiger charge is 2.49. The van der Waals surface area contributed by atoms with Crippen LogP contribution in [0, 0.1) is 23.7 Å². The van der Waals surface area contributed by atoms with Crippen molar-refractivity contribution in [2.75, 3.05) is 12.8 Å². The van der Waals surface area contributed by atoms with Gasteiger partial charge >= 0.3 is 0 Å². The maximum absolute atomic E-state index is 6.23. The maximum Gasteiger partial charge on any atom is 0.121 e. The number of hydrogen-bond donors (Lipinski definition) is 1. The average Bonchev–Trinajstić information content (AvgIpc) is 2.54. The minimum absolute atomic E-state index is 0.661. The summed E-state index contributed by atoms with van der Waals surface area (Å²) >= 11 is 0. The molecule has 4 bridgehead atoms. The highest BCUT2D eigenvalue weighted by molar-refractivity contribution is 5.91. The molecule has 4 aliphatic rings. The van der Waals surface area contributed by atoms with Crippen LogP contribution in [0.5, 0.6) is 5.75 Å². The van der Waals surface area contributed by atoms with E-state index in [0.717, 1.165) is 46.0 Å². The Labute approximate surface area is 137 Å². The Morgan fingerprint density at radius 1 is 1.00 bits per heavy atom. The van der Waals surface area contributed by atoms with Crippen molar-refractivity contribution in [3.63, 3.8) is 0 Å². The molecule has 4 saturated carbocycles. The molecule has 0 aliphatic heterocycles. The number of anilines is 1. The molecular weight excluding hydrogens is 284 g/mol. The van der Waals surface area contributed by atoms with Crippen LogP contribution in [0.25, 0.3) is 10.9 Å². The largest absolute Gasteiger partial charge is 0.497 e. The zero-order chi connectivity index (χ0) is 15.6. The summed E-state index contributed by atoms with van der Waals surface area (Å²) in [5, 5.41) is 1.08. The van der Waals surface area contributed by atoms with Crippen molar-refractivity contribution in [3.05, 3.63) is 30.0 Å². The van der Waals surface area contributed by atoms with Gasteiger partial charge in [0.25, 0.3) is 0 Å². The number of pyridine rings is 1. The van der Waals surface area contributed by atoms with Gasteiger partial charge in [0, 0.05) is 23.1 Å². The molecule has 1 heterocycles. The maximum atomic E-state index is 6.23. The quantitative estimate of drug-likeness (QED) is 0.838. The number of benzene rings is 1. The zero-order valence-corrected chi connectivity index (χ0v) is 13.7. The van der Waals surface area contributed by atoms with E-state index >= 15 is 0 Å². The Balaban J connectivity index is 1.57. The Hall–Kier alpha value is -1.77. The number of aromatic nitrogens is 1. The van der Waals surface area contributed by atoms with Gasteiger partial charge in [-0.1, -0.05) is 6.07 Å². The number of rotatable bonds is 2. The number of ether oxygens (including phenoxy) is 1. The van der Waals surface area contributed by atoms with Crippen LogP contribution >= 0.6 is 0 Å².